The van der Waals surface area contributed by atoms with Crippen LogP contribution >= 0.6 is 0 Å². The van der Waals surface area contributed by atoms with Gasteiger partial charge in [0, 0.05) is 18.2 Å². The van der Waals surface area contributed by atoms with Gasteiger partial charge in [0.1, 0.15) is 5.69 Å². The third-order valence-corrected chi connectivity index (χ3v) is 4.21. The number of β-amino-alcohol motifs (C(OH)–C–C–N with tert-alkyl or cyclic N) is 1. The molecule has 23 heavy (non-hydrogen) atoms. The number of piperidine rings is 1. The summed E-state index contributed by atoms with van der Waals surface area (Å²) in [6.45, 7) is 0.677. The topological polar surface area (TPSA) is 65.3 Å². The number of rotatable bonds is 4. The molecule has 0 bridgehead atoms. The van der Waals surface area contributed by atoms with E-state index in [2.05, 4.69) is 10.2 Å². The van der Waals surface area contributed by atoms with Crippen LogP contribution in [-0.2, 0) is 0 Å². The fourth-order valence-corrected chi connectivity index (χ4v) is 2.87. The molecule has 2 aromatic rings. The molecule has 0 spiro atoms. The first-order chi connectivity index (χ1) is 10.9. The first-order valence-electron chi connectivity index (χ1n) is 7.50. The highest BCUT2D eigenvalue weighted by Crippen LogP contribution is 2.30. The van der Waals surface area contributed by atoms with Crippen LogP contribution in [0.3, 0.4) is 0 Å². The van der Waals surface area contributed by atoms with Gasteiger partial charge in [-0.1, -0.05) is 0 Å². The van der Waals surface area contributed by atoms with Crippen molar-refractivity contribution in [3.63, 3.8) is 0 Å². The monoisotopic (exact) mass is 329 g/mol. The summed E-state index contributed by atoms with van der Waals surface area (Å²) < 4.78 is 42.4. The summed E-state index contributed by atoms with van der Waals surface area (Å²) >= 11 is 0. The number of aliphatic hydroxyl groups is 1. The molecular formula is C15H18F3N3O2. The molecule has 3 rings (SSSR count). The fourth-order valence-electron chi connectivity index (χ4n) is 2.87. The van der Waals surface area contributed by atoms with Crippen molar-refractivity contribution in [1.82, 2.24) is 15.1 Å². The number of nitrogens with one attached hydrogen (secondary N) is 1. The van der Waals surface area contributed by atoms with Crippen LogP contribution in [0.1, 0.15) is 24.5 Å². The number of likely N-dealkylation sites (tertiary alicyclic amines) is 1. The van der Waals surface area contributed by atoms with E-state index in [1.807, 2.05) is 12.1 Å². The summed E-state index contributed by atoms with van der Waals surface area (Å²) in [5.74, 6) is 0.906. The first kappa shape index (κ1) is 16.1. The maximum atomic E-state index is 12.4. The molecule has 1 aliphatic heterocycles. The molecule has 1 saturated heterocycles. The van der Waals surface area contributed by atoms with Gasteiger partial charge >= 0.3 is 6.18 Å². The van der Waals surface area contributed by atoms with Crippen LogP contribution in [0.4, 0.5) is 13.2 Å². The number of hydrogen-bond acceptors (Lipinski definition) is 4. The average Bonchev–Trinajstić information content (AvgIpc) is 3.18. The largest absolute Gasteiger partial charge is 0.463 e. The van der Waals surface area contributed by atoms with Gasteiger partial charge in [-0.15, -0.1) is 0 Å². The summed E-state index contributed by atoms with van der Waals surface area (Å²) in [6, 6.07) is 5.53. The van der Waals surface area contributed by atoms with Gasteiger partial charge in [-0.05, 0) is 44.1 Å². The molecular weight excluding hydrogens is 311 g/mol. The van der Waals surface area contributed by atoms with Crippen molar-refractivity contribution < 1.29 is 22.7 Å². The molecule has 126 valence electrons. The Hall–Kier alpha value is -1.80. The second-order valence-electron chi connectivity index (χ2n) is 5.82. The van der Waals surface area contributed by atoms with Gasteiger partial charge in [0.25, 0.3) is 0 Å². The number of furan rings is 1. The molecule has 0 radical (unpaired) electrons. The van der Waals surface area contributed by atoms with Crippen molar-refractivity contribution >= 4 is 0 Å². The standard InChI is InChI=1S/C15H18F3N3O2/c16-15(17,18)14(22)9-21-5-3-10(4-6-21)11-8-12(20-19-11)13-2-1-7-23-13/h1-2,7-8,10,14,22H,3-6,9H2,(H,19,20)/t14-/m1/s1. The lowest BCUT2D eigenvalue weighted by Gasteiger charge is -2.33. The van der Waals surface area contributed by atoms with Gasteiger partial charge in [0.05, 0.1) is 6.26 Å². The van der Waals surface area contributed by atoms with Crippen molar-refractivity contribution in [2.75, 3.05) is 19.6 Å². The summed E-state index contributed by atoms with van der Waals surface area (Å²) in [5, 5.41) is 16.3. The van der Waals surface area contributed by atoms with Crippen molar-refractivity contribution in [2.24, 2.45) is 0 Å². The normalized spacial score (nSPS) is 19.1. The molecule has 3 heterocycles. The Morgan fingerprint density at radius 2 is 2.13 bits per heavy atom. The lowest BCUT2D eigenvalue weighted by Crippen LogP contribution is -2.44. The zero-order valence-electron chi connectivity index (χ0n) is 12.4. The van der Waals surface area contributed by atoms with Crippen molar-refractivity contribution in [3.05, 3.63) is 30.2 Å². The van der Waals surface area contributed by atoms with Crippen LogP contribution in [0.15, 0.2) is 28.9 Å². The molecule has 1 fully saturated rings. The SMILES string of the molecule is O[C@H](CN1CCC(c2cc(-c3ccco3)n[nH]2)CC1)C(F)(F)F. The Morgan fingerprint density at radius 1 is 1.39 bits per heavy atom. The van der Waals surface area contributed by atoms with Crippen molar-refractivity contribution in [2.45, 2.75) is 31.0 Å². The highest BCUT2D eigenvalue weighted by atomic mass is 19.4. The van der Waals surface area contributed by atoms with E-state index >= 15 is 0 Å². The van der Waals surface area contributed by atoms with E-state index in [4.69, 9.17) is 9.52 Å². The quantitative estimate of drug-likeness (QED) is 0.905. The van der Waals surface area contributed by atoms with Gasteiger partial charge < -0.3 is 14.4 Å². The number of alkyl halides is 3. The van der Waals surface area contributed by atoms with Gasteiger partial charge in [0.2, 0.25) is 0 Å². The molecule has 1 atom stereocenters. The Kier molecular flexibility index (Phi) is 4.45. The number of aliphatic hydroxyl groups excluding tert-OH is 1. The van der Waals surface area contributed by atoms with Crippen molar-refractivity contribution in [1.29, 1.82) is 0 Å². The van der Waals surface area contributed by atoms with E-state index in [0.29, 0.717) is 18.8 Å². The van der Waals surface area contributed by atoms with E-state index in [1.165, 1.54) is 0 Å². The van der Waals surface area contributed by atoms with Crippen LogP contribution < -0.4 is 0 Å². The second-order valence-corrected chi connectivity index (χ2v) is 5.82. The van der Waals surface area contributed by atoms with Gasteiger partial charge in [-0.3, -0.25) is 5.10 Å². The third-order valence-electron chi connectivity index (χ3n) is 4.21. The zero-order chi connectivity index (χ0) is 16.4. The van der Waals surface area contributed by atoms with E-state index in [0.717, 1.165) is 24.2 Å². The summed E-state index contributed by atoms with van der Waals surface area (Å²) in [5.41, 5.74) is 1.69. The molecule has 8 heteroatoms. The molecule has 0 saturated carbocycles. The first-order valence-corrected chi connectivity index (χ1v) is 7.50. The smallest absolute Gasteiger partial charge is 0.415 e. The predicted octanol–water partition coefficient (Wildman–Crippen LogP) is 2.77. The van der Waals surface area contributed by atoms with Crippen LogP contribution in [-0.4, -0.2) is 52.1 Å². The molecule has 5 nitrogen and oxygen atoms in total. The Labute approximate surface area is 131 Å². The van der Waals surface area contributed by atoms with Gasteiger partial charge in [-0.2, -0.15) is 18.3 Å². The van der Waals surface area contributed by atoms with Crippen LogP contribution in [0.5, 0.6) is 0 Å². The van der Waals surface area contributed by atoms with Gasteiger partial charge in [-0.25, -0.2) is 0 Å². The summed E-state index contributed by atoms with van der Waals surface area (Å²) in [7, 11) is 0. The van der Waals surface area contributed by atoms with E-state index in [9.17, 15) is 13.2 Å². The Balaban J connectivity index is 1.55. The summed E-state index contributed by atoms with van der Waals surface area (Å²) in [6.07, 6.45) is -3.81. The van der Waals surface area contributed by atoms with Crippen LogP contribution in [0, 0.1) is 0 Å². The highest BCUT2D eigenvalue weighted by Gasteiger charge is 2.39. The maximum Gasteiger partial charge on any atom is 0.415 e. The van der Waals surface area contributed by atoms with Crippen molar-refractivity contribution in [3.8, 4) is 11.5 Å². The van der Waals surface area contributed by atoms with Crippen LogP contribution in [0.25, 0.3) is 11.5 Å². The number of nitrogens with zero attached hydrogens (tertiary/aromatic N) is 2. The zero-order valence-corrected chi connectivity index (χ0v) is 12.4. The molecule has 0 amide bonds. The minimum atomic E-state index is -4.56. The van der Waals surface area contributed by atoms with E-state index in [1.54, 1.807) is 17.2 Å². The van der Waals surface area contributed by atoms with E-state index in [-0.39, 0.29) is 12.5 Å². The summed E-state index contributed by atoms with van der Waals surface area (Å²) in [4.78, 5) is 1.65. The Bertz CT molecular complexity index is 616. The average molecular weight is 329 g/mol. The molecule has 1 aliphatic rings. The number of aromatic amines is 1. The minimum absolute atomic E-state index is 0.227. The minimum Gasteiger partial charge on any atom is -0.463 e. The Morgan fingerprint density at radius 3 is 2.74 bits per heavy atom. The molecule has 0 aliphatic carbocycles. The highest BCUT2D eigenvalue weighted by molar-refractivity contribution is 5.52. The maximum absolute atomic E-state index is 12.4. The second kappa shape index (κ2) is 6.37. The third kappa shape index (κ3) is 3.76. The molecule has 0 unspecified atom stereocenters. The molecule has 2 N–H and O–H groups in total. The number of halogens is 3. The van der Waals surface area contributed by atoms with Crippen LogP contribution in [0.2, 0.25) is 0 Å². The fraction of sp³-hybridized carbons (Fsp3) is 0.533. The van der Waals surface area contributed by atoms with Gasteiger partial charge in [0.15, 0.2) is 11.9 Å². The number of hydrogen-bond donors (Lipinski definition) is 2. The lowest BCUT2D eigenvalue weighted by atomic mass is 9.93. The predicted molar refractivity (Wildman–Crippen MR) is 76.8 cm³/mol. The number of H-pyrrole nitrogens is 1. The van der Waals surface area contributed by atoms with E-state index < -0.39 is 12.3 Å². The molecule has 0 aromatic carbocycles. The molecule has 2 aromatic heterocycles. The lowest BCUT2D eigenvalue weighted by molar-refractivity contribution is -0.208. The number of aromatic nitrogens is 2.